The molecule has 0 amide bonds. The number of benzene rings is 1. The van der Waals surface area contributed by atoms with E-state index in [0.29, 0.717) is 24.5 Å². The summed E-state index contributed by atoms with van der Waals surface area (Å²) < 4.78 is 13.7. The summed E-state index contributed by atoms with van der Waals surface area (Å²) in [6.07, 6.45) is 8.21. The second-order valence-corrected chi connectivity index (χ2v) is 10.1. The van der Waals surface area contributed by atoms with Crippen LogP contribution in [0.1, 0.15) is 73.3 Å². The van der Waals surface area contributed by atoms with Gasteiger partial charge in [0, 0.05) is 24.2 Å². The van der Waals surface area contributed by atoms with Gasteiger partial charge in [-0.15, -0.1) is 5.10 Å². The molecule has 2 aliphatic rings. The maximum atomic E-state index is 13.6. The number of rotatable bonds is 8. The van der Waals surface area contributed by atoms with E-state index >= 15 is 0 Å². The molecule has 2 atom stereocenters. The van der Waals surface area contributed by atoms with Gasteiger partial charge >= 0.3 is 0 Å². The molecule has 1 N–H and O–H groups in total. The number of ether oxygens (including phenoxy) is 1. The van der Waals surface area contributed by atoms with Gasteiger partial charge in [-0.3, -0.25) is 9.69 Å². The molecule has 0 unspecified atom stereocenters. The molecule has 3 aromatic heterocycles. The van der Waals surface area contributed by atoms with Crippen molar-refractivity contribution in [2.24, 2.45) is 0 Å². The molecule has 0 radical (unpaired) electrons. The van der Waals surface area contributed by atoms with Crippen LogP contribution in [0.5, 0.6) is 0 Å². The van der Waals surface area contributed by atoms with Gasteiger partial charge in [0.2, 0.25) is 0 Å². The maximum Gasteiger partial charge on any atom is 0.253 e. The van der Waals surface area contributed by atoms with Gasteiger partial charge in [-0.2, -0.15) is 0 Å². The number of aromatic nitrogens is 5. The zero-order valence-corrected chi connectivity index (χ0v) is 20.6. The zero-order valence-electron chi connectivity index (χ0n) is 20.6. The molecule has 4 aromatic rings. The van der Waals surface area contributed by atoms with Crippen molar-refractivity contribution >= 4 is 10.9 Å². The highest BCUT2D eigenvalue weighted by Gasteiger charge is 2.35. The first-order chi connectivity index (χ1) is 17.7. The van der Waals surface area contributed by atoms with Crippen molar-refractivity contribution in [2.45, 2.75) is 70.2 Å². The van der Waals surface area contributed by atoms with E-state index < -0.39 is 6.04 Å². The maximum absolute atomic E-state index is 13.6. The second-order valence-electron chi connectivity index (χ2n) is 10.1. The second kappa shape index (κ2) is 9.99. The van der Waals surface area contributed by atoms with Crippen LogP contribution < -0.4 is 5.56 Å². The minimum atomic E-state index is -0.455. The van der Waals surface area contributed by atoms with Crippen LogP contribution in [-0.2, 0) is 11.3 Å². The first-order valence-electron chi connectivity index (χ1n) is 12.9. The first kappa shape index (κ1) is 23.1. The lowest BCUT2D eigenvalue weighted by Gasteiger charge is -2.32. The molecule has 6 rings (SSSR count). The van der Waals surface area contributed by atoms with Crippen molar-refractivity contribution in [3.05, 3.63) is 75.7 Å². The van der Waals surface area contributed by atoms with E-state index in [0.717, 1.165) is 67.4 Å². The molecule has 1 aromatic carbocycles. The topological polar surface area (TPSA) is 102 Å². The number of fused-ring (bicyclic) bond motifs is 1. The Hall–Kier alpha value is -3.30. The van der Waals surface area contributed by atoms with Crippen LogP contribution in [0.25, 0.3) is 10.9 Å². The van der Waals surface area contributed by atoms with Crippen LogP contribution >= 0.6 is 0 Å². The van der Waals surface area contributed by atoms with E-state index in [1.54, 1.807) is 6.26 Å². The number of H-pyrrole nitrogens is 1. The first-order valence-corrected chi connectivity index (χ1v) is 12.9. The summed E-state index contributed by atoms with van der Waals surface area (Å²) in [7, 11) is 0. The number of tetrazole rings is 1. The van der Waals surface area contributed by atoms with Gasteiger partial charge in [-0.05, 0) is 78.8 Å². The van der Waals surface area contributed by atoms with E-state index in [1.165, 1.54) is 0 Å². The summed E-state index contributed by atoms with van der Waals surface area (Å²) in [4.78, 5) is 19.0. The number of furan rings is 1. The summed E-state index contributed by atoms with van der Waals surface area (Å²) >= 11 is 0. The number of hydrogen-bond donors (Lipinski definition) is 1. The van der Waals surface area contributed by atoms with Crippen molar-refractivity contribution in [2.75, 3.05) is 13.2 Å². The molecule has 0 bridgehead atoms. The third kappa shape index (κ3) is 4.60. The summed E-state index contributed by atoms with van der Waals surface area (Å²) in [5.41, 5.74) is 2.46. The molecule has 1 aliphatic heterocycles. The molecular weight excluding hydrogens is 456 g/mol. The number of nitrogens with one attached hydrogen (secondary N) is 1. The average molecular weight is 489 g/mol. The van der Waals surface area contributed by atoms with Crippen LogP contribution in [0, 0.1) is 6.92 Å². The summed E-state index contributed by atoms with van der Waals surface area (Å²) in [6.45, 7) is 3.98. The van der Waals surface area contributed by atoms with Gasteiger partial charge in [-0.1, -0.05) is 24.5 Å². The highest BCUT2D eigenvalue weighted by atomic mass is 16.5. The number of hydrogen-bond acceptors (Lipinski definition) is 7. The van der Waals surface area contributed by atoms with Crippen LogP contribution in [0.3, 0.4) is 0 Å². The van der Waals surface area contributed by atoms with E-state index in [1.807, 2.05) is 35.0 Å². The van der Waals surface area contributed by atoms with Gasteiger partial charge in [0.05, 0.1) is 25.0 Å². The fourth-order valence-electron chi connectivity index (χ4n) is 5.75. The number of aromatic amines is 1. The van der Waals surface area contributed by atoms with Gasteiger partial charge in [0.1, 0.15) is 11.8 Å². The molecule has 4 heterocycles. The fourth-order valence-corrected chi connectivity index (χ4v) is 5.75. The fraction of sp³-hybridized carbons (Fsp3) is 0.481. The molecule has 0 spiro atoms. The van der Waals surface area contributed by atoms with Crippen LogP contribution in [-0.4, -0.2) is 49.3 Å². The summed E-state index contributed by atoms with van der Waals surface area (Å²) in [6, 6.07) is 11.7. The van der Waals surface area contributed by atoms with Gasteiger partial charge in [0.15, 0.2) is 5.82 Å². The Morgan fingerprint density at radius 2 is 2.06 bits per heavy atom. The third-order valence-corrected chi connectivity index (χ3v) is 7.52. The third-order valence-electron chi connectivity index (χ3n) is 7.52. The van der Waals surface area contributed by atoms with Crippen molar-refractivity contribution < 1.29 is 9.15 Å². The summed E-state index contributed by atoms with van der Waals surface area (Å²) in [5.74, 6) is 1.52. The summed E-state index contributed by atoms with van der Waals surface area (Å²) in [5, 5.41) is 14.1. The van der Waals surface area contributed by atoms with Gasteiger partial charge in [-0.25, -0.2) is 4.68 Å². The van der Waals surface area contributed by atoms with Crippen LogP contribution in [0.4, 0.5) is 0 Å². The van der Waals surface area contributed by atoms with E-state index in [-0.39, 0.29) is 17.7 Å². The average Bonchev–Trinajstić information content (AvgIpc) is 3.68. The highest BCUT2D eigenvalue weighted by Crippen LogP contribution is 2.35. The predicted octanol–water partition coefficient (Wildman–Crippen LogP) is 4.30. The molecule has 36 heavy (non-hydrogen) atoms. The molecule has 1 aliphatic carbocycles. The Labute approximate surface area is 209 Å². The Kier molecular flexibility index (Phi) is 6.41. The number of nitrogens with zero attached hydrogens (tertiary/aromatic N) is 5. The zero-order chi connectivity index (χ0) is 24.5. The number of aryl methyl sites for hydroxylation is 1. The Morgan fingerprint density at radius 1 is 1.17 bits per heavy atom. The molecule has 2 fully saturated rings. The van der Waals surface area contributed by atoms with Crippen molar-refractivity contribution in [3.63, 3.8) is 0 Å². The molecule has 1 saturated carbocycles. The monoisotopic (exact) mass is 488 g/mol. The minimum Gasteiger partial charge on any atom is -0.468 e. The highest BCUT2D eigenvalue weighted by molar-refractivity contribution is 5.79. The SMILES string of the molecule is Cc1ccc2[nH]c(=O)c([C@@H](c3nnnn3C3CCCC3)N(Cc3ccco3)C[C@@H]3CCCO3)cc2c1. The van der Waals surface area contributed by atoms with Crippen LogP contribution in [0.2, 0.25) is 0 Å². The largest absolute Gasteiger partial charge is 0.468 e. The molecule has 188 valence electrons. The normalized spacial score (nSPS) is 19.6. The Balaban J connectivity index is 1.50. The predicted molar refractivity (Wildman–Crippen MR) is 135 cm³/mol. The lowest BCUT2D eigenvalue weighted by atomic mass is 10.0. The van der Waals surface area contributed by atoms with Gasteiger partial charge < -0.3 is 14.1 Å². The van der Waals surface area contributed by atoms with Gasteiger partial charge in [0.25, 0.3) is 5.56 Å². The smallest absolute Gasteiger partial charge is 0.253 e. The molecule has 9 nitrogen and oxygen atoms in total. The minimum absolute atomic E-state index is 0.0834. The standard InChI is InChI=1S/C27H32N6O3/c1-18-10-11-24-19(14-18)15-23(27(34)28-24)25(26-29-30-31-33(26)20-6-2-3-7-20)32(16-21-8-4-12-35-21)17-22-9-5-13-36-22/h4,8,10-12,14-15,20,22,25H,2-3,5-7,9,13,16-17H2,1H3,(H,28,34)/t22-,25-/m0/s1. The molecular formula is C27H32N6O3. The van der Waals surface area contributed by atoms with Crippen molar-refractivity contribution in [3.8, 4) is 0 Å². The Morgan fingerprint density at radius 3 is 2.83 bits per heavy atom. The van der Waals surface area contributed by atoms with Crippen LogP contribution in [0.15, 0.2) is 51.9 Å². The molecule has 9 heteroatoms. The van der Waals surface area contributed by atoms with Crippen molar-refractivity contribution in [1.82, 2.24) is 30.1 Å². The van der Waals surface area contributed by atoms with E-state index in [4.69, 9.17) is 9.15 Å². The molecule has 1 saturated heterocycles. The Bertz CT molecular complexity index is 1370. The quantitative estimate of drug-likeness (QED) is 0.394. The van der Waals surface area contributed by atoms with Crippen molar-refractivity contribution in [1.29, 1.82) is 0 Å². The lowest BCUT2D eigenvalue weighted by Crippen LogP contribution is -2.39. The van der Waals surface area contributed by atoms with E-state index in [2.05, 4.69) is 38.4 Å². The number of pyridine rings is 1. The lowest BCUT2D eigenvalue weighted by molar-refractivity contribution is 0.0541. The van der Waals surface area contributed by atoms with E-state index in [9.17, 15) is 4.79 Å².